The molecule has 0 saturated carbocycles. The average Bonchev–Trinajstić information content (AvgIpc) is 3.32. The molecule has 2 aromatic rings. The zero-order valence-corrected chi connectivity index (χ0v) is 14.8. The molecule has 3 atom stereocenters. The van der Waals surface area contributed by atoms with E-state index in [9.17, 15) is 13.2 Å². The van der Waals surface area contributed by atoms with Gasteiger partial charge in [0.15, 0.2) is 5.78 Å². The van der Waals surface area contributed by atoms with Crippen LogP contribution in [0.2, 0.25) is 0 Å². The first kappa shape index (κ1) is 16.9. The molecule has 0 spiro atoms. The highest BCUT2D eigenvalue weighted by Crippen LogP contribution is 2.41. The third-order valence-electron chi connectivity index (χ3n) is 4.41. The van der Waals surface area contributed by atoms with Crippen LogP contribution in [0.4, 0.5) is 0 Å². The molecule has 0 amide bonds. The lowest BCUT2D eigenvalue weighted by Gasteiger charge is -2.08. The third kappa shape index (κ3) is 2.89. The van der Waals surface area contributed by atoms with Gasteiger partial charge in [-0.1, -0.05) is 61.9 Å². The lowest BCUT2D eigenvalue weighted by Crippen LogP contribution is -2.20. The fourth-order valence-corrected chi connectivity index (χ4v) is 4.94. The minimum absolute atomic E-state index is 0.0721. The molecule has 1 heterocycles. The van der Waals surface area contributed by atoms with E-state index in [4.69, 9.17) is 0 Å². The third-order valence-corrected chi connectivity index (χ3v) is 6.30. The Balaban J connectivity index is 1.94. The van der Waals surface area contributed by atoms with Crippen LogP contribution in [0.1, 0.15) is 29.8 Å². The van der Waals surface area contributed by atoms with E-state index in [0.29, 0.717) is 5.56 Å². The molecule has 0 bridgehead atoms. The Morgan fingerprint density at radius 1 is 1.00 bits per heavy atom. The zero-order valence-electron chi connectivity index (χ0n) is 14.0. The second kappa shape index (κ2) is 6.15. The number of hydrogen-bond donors (Lipinski definition) is 0. The van der Waals surface area contributed by atoms with E-state index in [1.54, 1.807) is 48.5 Å². The minimum Gasteiger partial charge on any atom is -0.292 e. The monoisotopic (exact) mass is 343 g/mol. The predicted octanol–water partition coefficient (Wildman–Crippen LogP) is 3.28. The highest BCUT2D eigenvalue weighted by atomic mass is 32.2. The zero-order chi connectivity index (χ0) is 17.5. The minimum atomic E-state index is -3.67. The molecule has 1 saturated heterocycles. The van der Waals surface area contributed by atoms with Gasteiger partial charge < -0.3 is 0 Å². The number of ketones is 1. The maximum Gasteiger partial charge on any atom is 0.244 e. The Morgan fingerprint density at radius 2 is 1.58 bits per heavy atom. The Hall–Kier alpha value is -1.98. The first-order chi connectivity index (χ1) is 11.3. The van der Waals surface area contributed by atoms with E-state index in [1.165, 1.54) is 4.31 Å². The van der Waals surface area contributed by atoms with Gasteiger partial charge in [-0.15, -0.1) is 0 Å². The molecule has 1 aliphatic heterocycles. The van der Waals surface area contributed by atoms with Gasteiger partial charge in [-0.05, 0) is 25.0 Å². The lowest BCUT2D eigenvalue weighted by molar-refractivity contribution is 0.0980. The van der Waals surface area contributed by atoms with Crippen molar-refractivity contribution in [2.45, 2.75) is 37.8 Å². The normalized spacial score (nSPS) is 23.2. The van der Waals surface area contributed by atoms with Crippen LogP contribution in [-0.4, -0.2) is 30.6 Å². The van der Waals surface area contributed by atoms with Crippen LogP contribution >= 0.6 is 0 Å². The summed E-state index contributed by atoms with van der Waals surface area (Å²) in [7, 11) is -3.67. The van der Waals surface area contributed by atoms with Gasteiger partial charge in [0.05, 0.1) is 10.9 Å². The second-order valence-electron chi connectivity index (χ2n) is 6.56. The summed E-state index contributed by atoms with van der Waals surface area (Å²) in [5.74, 6) is -0.0622. The number of benzene rings is 2. The molecule has 0 aliphatic carbocycles. The molecular formula is C19H21NO3S. The van der Waals surface area contributed by atoms with Crippen LogP contribution in [0, 0.1) is 12.8 Å². The molecule has 3 rings (SSSR count). The van der Waals surface area contributed by atoms with Crippen molar-refractivity contribution in [3.63, 3.8) is 0 Å². The van der Waals surface area contributed by atoms with Crippen LogP contribution in [0.5, 0.6) is 0 Å². The van der Waals surface area contributed by atoms with Crippen molar-refractivity contribution in [3.05, 3.63) is 65.7 Å². The van der Waals surface area contributed by atoms with E-state index in [-0.39, 0.29) is 22.6 Å². The van der Waals surface area contributed by atoms with Gasteiger partial charge in [0.2, 0.25) is 10.0 Å². The molecule has 0 radical (unpaired) electrons. The summed E-state index contributed by atoms with van der Waals surface area (Å²) < 4.78 is 27.2. The molecule has 24 heavy (non-hydrogen) atoms. The van der Waals surface area contributed by atoms with Crippen molar-refractivity contribution in [2.75, 3.05) is 0 Å². The van der Waals surface area contributed by atoms with Gasteiger partial charge in [0.25, 0.3) is 0 Å². The molecule has 126 valence electrons. The first-order valence-corrected chi connectivity index (χ1v) is 9.47. The Morgan fingerprint density at radius 3 is 2.12 bits per heavy atom. The maximum absolute atomic E-state index is 12.9. The summed E-state index contributed by atoms with van der Waals surface area (Å²) in [5.41, 5.74) is 1.55. The summed E-state index contributed by atoms with van der Waals surface area (Å²) in [6.07, 6.45) is 0. The fourth-order valence-electron chi connectivity index (χ4n) is 3.07. The van der Waals surface area contributed by atoms with E-state index < -0.39 is 16.1 Å². The first-order valence-electron chi connectivity index (χ1n) is 8.03. The molecule has 4 nitrogen and oxygen atoms in total. The Labute approximate surface area is 143 Å². The molecule has 0 aromatic heterocycles. The number of rotatable bonds is 5. The summed E-state index contributed by atoms with van der Waals surface area (Å²) >= 11 is 0. The largest absolute Gasteiger partial charge is 0.292 e. The number of aryl methyl sites for hydroxylation is 1. The standard InChI is InChI=1S/C19H21NO3S/c1-13(2)17-18(19(21)15-7-5-4-6-8-15)20(17)24(22,23)16-11-9-14(3)10-12-16/h4-13,17-18H,1-3H3. The molecule has 1 fully saturated rings. The van der Waals surface area contributed by atoms with Crippen molar-refractivity contribution >= 4 is 15.8 Å². The van der Waals surface area contributed by atoms with Gasteiger partial charge >= 0.3 is 0 Å². The van der Waals surface area contributed by atoms with E-state index in [0.717, 1.165) is 5.56 Å². The van der Waals surface area contributed by atoms with Crippen LogP contribution in [-0.2, 0) is 10.0 Å². The van der Waals surface area contributed by atoms with E-state index >= 15 is 0 Å². The van der Waals surface area contributed by atoms with E-state index in [1.807, 2.05) is 26.8 Å². The van der Waals surface area contributed by atoms with Crippen molar-refractivity contribution in [3.8, 4) is 0 Å². The van der Waals surface area contributed by atoms with Gasteiger partial charge in [-0.2, -0.15) is 4.31 Å². The fraction of sp³-hybridized carbons (Fsp3) is 0.316. The van der Waals surface area contributed by atoms with Crippen LogP contribution in [0.3, 0.4) is 0 Å². The molecule has 1 aliphatic rings. The van der Waals surface area contributed by atoms with Crippen molar-refractivity contribution in [1.29, 1.82) is 0 Å². The van der Waals surface area contributed by atoms with Gasteiger partial charge in [0.1, 0.15) is 6.04 Å². The number of sulfonamides is 1. The predicted molar refractivity (Wildman–Crippen MR) is 93.4 cm³/mol. The quantitative estimate of drug-likeness (QED) is 0.618. The SMILES string of the molecule is Cc1ccc(S(=O)(=O)N2C(C(=O)c3ccccc3)C2C(C)C)cc1. The van der Waals surface area contributed by atoms with Gasteiger partial charge in [-0.25, -0.2) is 8.42 Å². The average molecular weight is 343 g/mol. The van der Waals surface area contributed by atoms with Gasteiger partial charge in [0, 0.05) is 5.56 Å². The topological polar surface area (TPSA) is 54.2 Å². The summed E-state index contributed by atoms with van der Waals surface area (Å²) in [6, 6.07) is 14.7. The highest BCUT2D eigenvalue weighted by Gasteiger charge is 2.60. The van der Waals surface area contributed by atoms with Crippen LogP contribution in [0.25, 0.3) is 0 Å². The number of carbonyl (C=O) groups excluding carboxylic acids is 1. The Bertz CT molecular complexity index is 842. The van der Waals surface area contributed by atoms with E-state index in [2.05, 4.69) is 0 Å². The van der Waals surface area contributed by atoms with Crippen molar-refractivity contribution < 1.29 is 13.2 Å². The summed E-state index contributed by atoms with van der Waals surface area (Å²) in [6.45, 7) is 5.80. The van der Waals surface area contributed by atoms with Gasteiger partial charge in [-0.3, -0.25) is 4.79 Å². The van der Waals surface area contributed by atoms with Crippen molar-refractivity contribution in [2.24, 2.45) is 5.92 Å². The highest BCUT2D eigenvalue weighted by molar-refractivity contribution is 7.89. The molecule has 2 aromatic carbocycles. The van der Waals surface area contributed by atoms with Crippen LogP contribution < -0.4 is 0 Å². The molecule has 5 heteroatoms. The number of carbonyl (C=O) groups is 1. The summed E-state index contributed by atoms with van der Waals surface area (Å²) in [5, 5.41) is 0. The Kier molecular flexibility index (Phi) is 4.32. The maximum atomic E-state index is 12.9. The number of Topliss-reactive ketones (excluding diaryl/α,β-unsaturated/α-hetero) is 1. The van der Waals surface area contributed by atoms with Crippen molar-refractivity contribution in [1.82, 2.24) is 4.31 Å². The lowest BCUT2D eigenvalue weighted by atomic mass is 10.0. The van der Waals surface area contributed by atoms with Crippen LogP contribution in [0.15, 0.2) is 59.5 Å². The molecular weight excluding hydrogens is 322 g/mol. The number of nitrogens with zero attached hydrogens (tertiary/aromatic N) is 1. The molecule has 3 unspecified atom stereocenters. The second-order valence-corrected chi connectivity index (χ2v) is 8.40. The number of hydrogen-bond acceptors (Lipinski definition) is 3. The smallest absolute Gasteiger partial charge is 0.244 e. The summed E-state index contributed by atoms with van der Waals surface area (Å²) in [4.78, 5) is 13.0. The molecule has 0 N–H and O–H groups in total.